The predicted octanol–water partition coefficient (Wildman–Crippen LogP) is 3.94. The zero-order valence-electron chi connectivity index (χ0n) is 15.2. The first kappa shape index (κ1) is 17.9. The van der Waals surface area contributed by atoms with E-state index in [9.17, 15) is 9.18 Å². The number of aryl methyl sites for hydroxylation is 1. The highest BCUT2D eigenvalue weighted by molar-refractivity contribution is 5.84. The fraction of sp³-hybridized carbons (Fsp3) is 0.136. The molecule has 28 heavy (non-hydrogen) atoms. The van der Waals surface area contributed by atoms with Gasteiger partial charge in [-0.3, -0.25) is 9.78 Å². The molecule has 1 aromatic carbocycles. The van der Waals surface area contributed by atoms with Gasteiger partial charge in [-0.15, -0.1) is 0 Å². The van der Waals surface area contributed by atoms with Crippen LogP contribution in [0.3, 0.4) is 0 Å². The average molecular weight is 374 g/mol. The number of nitrogens with one attached hydrogen (secondary N) is 1. The number of nitrogens with zero attached hydrogens (tertiary/aromatic N) is 3. The van der Waals surface area contributed by atoms with Crippen LogP contribution in [0.1, 0.15) is 12.0 Å². The Hall–Kier alpha value is -3.54. The summed E-state index contributed by atoms with van der Waals surface area (Å²) in [5.74, 6) is -0.402. The molecule has 0 unspecified atom stereocenters. The minimum absolute atomic E-state index is 0.0947. The van der Waals surface area contributed by atoms with Gasteiger partial charge in [0.25, 0.3) is 0 Å². The van der Waals surface area contributed by atoms with Gasteiger partial charge in [-0.25, -0.2) is 9.37 Å². The van der Waals surface area contributed by atoms with Gasteiger partial charge in [0.2, 0.25) is 5.91 Å². The highest BCUT2D eigenvalue weighted by Crippen LogP contribution is 2.27. The second-order valence-corrected chi connectivity index (χ2v) is 6.49. The molecule has 4 rings (SSSR count). The van der Waals surface area contributed by atoms with Crippen molar-refractivity contribution < 1.29 is 9.18 Å². The molecule has 5 nitrogen and oxygen atoms in total. The van der Waals surface area contributed by atoms with Crippen molar-refractivity contribution in [3.05, 3.63) is 84.6 Å². The first-order valence-corrected chi connectivity index (χ1v) is 9.06. The molecule has 0 atom stereocenters. The molecule has 0 saturated heterocycles. The Balaban J connectivity index is 1.50. The summed E-state index contributed by atoms with van der Waals surface area (Å²) in [6, 6.07) is 16.1. The van der Waals surface area contributed by atoms with Crippen LogP contribution in [0.2, 0.25) is 0 Å². The van der Waals surface area contributed by atoms with E-state index in [4.69, 9.17) is 0 Å². The SMILES string of the molecule is O=C(CCn1c(-c2ccncc2)cc2cccnc21)NCc1cccc(F)c1. The van der Waals surface area contributed by atoms with Crippen molar-refractivity contribution >= 4 is 16.9 Å². The monoisotopic (exact) mass is 374 g/mol. The number of aromatic nitrogens is 3. The van der Waals surface area contributed by atoms with Gasteiger partial charge < -0.3 is 9.88 Å². The maximum Gasteiger partial charge on any atom is 0.222 e. The lowest BCUT2D eigenvalue weighted by Gasteiger charge is -2.11. The number of rotatable bonds is 6. The molecule has 6 heteroatoms. The number of hydrogen-bond acceptors (Lipinski definition) is 3. The van der Waals surface area contributed by atoms with E-state index in [0.29, 0.717) is 19.5 Å². The lowest BCUT2D eigenvalue weighted by atomic mass is 10.2. The standard InChI is InChI=1S/C22H19FN4O/c23-19-5-1-3-16(13-19)15-26-21(28)8-12-27-20(17-6-10-24-11-7-17)14-18-4-2-9-25-22(18)27/h1-7,9-11,13-14H,8,12,15H2,(H,26,28). The molecule has 4 aromatic rings. The Kier molecular flexibility index (Phi) is 5.10. The first-order chi connectivity index (χ1) is 13.7. The topological polar surface area (TPSA) is 59.8 Å². The van der Waals surface area contributed by atoms with Gasteiger partial charge in [0.15, 0.2) is 0 Å². The Morgan fingerprint density at radius 1 is 1.04 bits per heavy atom. The minimum atomic E-state index is -0.307. The number of carbonyl (C=O) groups excluding carboxylic acids is 1. The maximum atomic E-state index is 13.3. The van der Waals surface area contributed by atoms with Crippen molar-refractivity contribution in [2.24, 2.45) is 0 Å². The van der Waals surface area contributed by atoms with Crippen LogP contribution in [-0.4, -0.2) is 20.4 Å². The van der Waals surface area contributed by atoms with Crippen molar-refractivity contribution in [1.82, 2.24) is 19.9 Å². The summed E-state index contributed by atoms with van der Waals surface area (Å²) in [4.78, 5) is 20.9. The van der Waals surface area contributed by atoms with Crippen LogP contribution in [0.5, 0.6) is 0 Å². The van der Waals surface area contributed by atoms with Crippen LogP contribution in [0, 0.1) is 5.82 Å². The van der Waals surface area contributed by atoms with Gasteiger partial charge in [0, 0.05) is 49.1 Å². The summed E-state index contributed by atoms with van der Waals surface area (Å²) in [6.45, 7) is 0.797. The number of carbonyl (C=O) groups is 1. The van der Waals surface area contributed by atoms with Gasteiger partial charge in [-0.2, -0.15) is 0 Å². The molecule has 0 radical (unpaired) electrons. The summed E-state index contributed by atoms with van der Waals surface area (Å²) in [5, 5.41) is 3.87. The molecule has 140 valence electrons. The molecule has 0 aliphatic carbocycles. The normalized spacial score (nSPS) is 10.9. The molecule has 1 amide bonds. The van der Waals surface area contributed by atoms with Crippen LogP contribution < -0.4 is 5.32 Å². The molecule has 1 N–H and O–H groups in total. The molecular formula is C22H19FN4O. The first-order valence-electron chi connectivity index (χ1n) is 9.06. The van der Waals surface area contributed by atoms with Crippen LogP contribution in [0.15, 0.2) is 73.2 Å². The number of benzene rings is 1. The molecule has 0 fully saturated rings. The van der Waals surface area contributed by atoms with Crippen molar-refractivity contribution in [2.75, 3.05) is 0 Å². The number of fused-ring (bicyclic) bond motifs is 1. The maximum absolute atomic E-state index is 13.3. The third-order valence-corrected chi connectivity index (χ3v) is 4.57. The number of amides is 1. The Bertz CT molecular complexity index is 1110. The Labute approximate surface area is 161 Å². The Morgan fingerprint density at radius 3 is 2.71 bits per heavy atom. The molecule has 0 aliphatic heterocycles. The van der Waals surface area contributed by atoms with E-state index >= 15 is 0 Å². The van der Waals surface area contributed by atoms with Gasteiger partial charge in [0.1, 0.15) is 11.5 Å². The lowest BCUT2D eigenvalue weighted by molar-refractivity contribution is -0.121. The average Bonchev–Trinajstić information content (AvgIpc) is 3.10. The summed E-state index contributed by atoms with van der Waals surface area (Å²) >= 11 is 0. The van der Waals surface area contributed by atoms with Crippen LogP contribution in [-0.2, 0) is 17.9 Å². The smallest absolute Gasteiger partial charge is 0.222 e. The highest BCUT2D eigenvalue weighted by Gasteiger charge is 2.13. The lowest BCUT2D eigenvalue weighted by Crippen LogP contribution is -2.24. The van der Waals surface area contributed by atoms with Crippen molar-refractivity contribution in [1.29, 1.82) is 0 Å². The zero-order valence-corrected chi connectivity index (χ0v) is 15.2. The zero-order chi connectivity index (χ0) is 19.3. The summed E-state index contributed by atoms with van der Waals surface area (Å²) in [7, 11) is 0. The van der Waals surface area contributed by atoms with E-state index in [1.165, 1.54) is 12.1 Å². The fourth-order valence-corrected chi connectivity index (χ4v) is 3.22. The highest BCUT2D eigenvalue weighted by atomic mass is 19.1. The molecule has 0 aliphatic rings. The van der Waals surface area contributed by atoms with Crippen LogP contribution in [0.4, 0.5) is 4.39 Å². The Morgan fingerprint density at radius 2 is 1.89 bits per heavy atom. The number of halogens is 1. The molecular weight excluding hydrogens is 355 g/mol. The number of pyridine rings is 2. The van der Waals surface area contributed by atoms with Crippen LogP contribution >= 0.6 is 0 Å². The van der Waals surface area contributed by atoms with E-state index in [1.54, 1.807) is 30.7 Å². The van der Waals surface area contributed by atoms with E-state index in [2.05, 4.69) is 21.4 Å². The largest absolute Gasteiger partial charge is 0.352 e. The predicted molar refractivity (Wildman–Crippen MR) is 106 cm³/mol. The van der Waals surface area contributed by atoms with Crippen LogP contribution in [0.25, 0.3) is 22.3 Å². The van der Waals surface area contributed by atoms with Gasteiger partial charge in [-0.05, 0) is 48.0 Å². The van der Waals surface area contributed by atoms with E-state index < -0.39 is 0 Å². The second-order valence-electron chi connectivity index (χ2n) is 6.49. The summed E-state index contributed by atoms with van der Waals surface area (Å²) in [6.07, 6.45) is 5.54. The van der Waals surface area contributed by atoms with Crippen molar-refractivity contribution in [3.8, 4) is 11.3 Å². The van der Waals surface area contributed by atoms with Gasteiger partial charge >= 0.3 is 0 Å². The molecule has 3 heterocycles. The molecule has 0 spiro atoms. The molecule has 0 saturated carbocycles. The summed E-state index contributed by atoms with van der Waals surface area (Å²) < 4.78 is 15.3. The molecule has 3 aromatic heterocycles. The van der Waals surface area contributed by atoms with E-state index in [0.717, 1.165) is 27.9 Å². The fourth-order valence-electron chi connectivity index (χ4n) is 3.22. The van der Waals surface area contributed by atoms with Gasteiger partial charge in [0.05, 0.1) is 5.69 Å². The van der Waals surface area contributed by atoms with Gasteiger partial charge in [-0.1, -0.05) is 12.1 Å². The quantitative estimate of drug-likeness (QED) is 0.556. The van der Waals surface area contributed by atoms with E-state index in [-0.39, 0.29) is 11.7 Å². The second kappa shape index (κ2) is 8.00. The van der Waals surface area contributed by atoms with Crippen molar-refractivity contribution in [2.45, 2.75) is 19.5 Å². The third-order valence-electron chi connectivity index (χ3n) is 4.57. The van der Waals surface area contributed by atoms with E-state index in [1.807, 2.05) is 28.8 Å². The van der Waals surface area contributed by atoms with Crippen molar-refractivity contribution in [3.63, 3.8) is 0 Å². The number of hydrogen-bond donors (Lipinski definition) is 1. The third kappa shape index (κ3) is 3.91. The minimum Gasteiger partial charge on any atom is -0.352 e. The molecule has 0 bridgehead atoms. The summed E-state index contributed by atoms with van der Waals surface area (Å²) in [5.41, 5.74) is 3.59.